The Labute approximate surface area is 86.4 Å². The van der Waals surface area contributed by atoms with E-state index in [0.717, 1.165) is 12.8 Å². The van der Waals surface area contributed by atoms with Gasteiger partial charge in [-0.25, -0.2) is 8.42 Å². The Bertz CT molecular complexity index is 278. The van der Waals surface area contributed by atoms with E-state index in [1.165, 1.54) is 0 Å². The lowest BCUT2D eigenvalue weighted by molar-refractivity contribution is 0.0937. The SMILES string of the molecule is CCS(=O)(=O)CCCC(O)C1(C)CC1. The van der Waals surface area contributed by atoms with Crippen LogP contribution in [0.2, 0.25) is 0 Å². The second-order valence-corrected chi connectivity index (χ2v) is 7.02. The minimum Gasteiger partial charge on any atom is -0.393 e. The second-order valence-electron chi connectivity index (χ2n) is 4.55. The van der Waals surface area contributed by atoms with Gasteiger partial charge >= 0.3 is 0 Å². The predicted octanol–water partition coefficient (Wildman–Crippen LogP) is 1.36. The van der Waals surface area contributed by atoms with Crippen LogP contribution < -0.4 is 0 Å². The van der Waals surface area contributed by atoms with E-state index in [9.17, 15) is 13.5 Å². The van der Waals surface area contributed by atoms with Crippen molar-refractivity contribution >= 4 is 9.84 Å². The van der Waals surface area contributed by atoms with Crippen LogP contribution in [0.25, 0.3) is 0 Å². The van der Waals surface area contributed by atoms with Crippen LogP contribution in [0.15, 0.2) is 0 Å². The minimum absolute atomic E-state index is 0.0932. The Morgan fingerprint density at radius 2 is 2.00 bits per heavy atom. The number of hydrogen-bond acceptors (Lipinski definition) is 3. The predicted molar refractivity (Wildman–Crippen MR) is 56.9 cm³/mol. The normalized spacial score (nSPS) is 21.9. The molecule has 0 amide bonds. The summed E-state index contributed by atoms with van der Waals surface area (Å²) in [5, 5.41) is 9.72. The van der Waals surface area contributed by atoms with Gasteiger partial charge in [-0.15, -0.1) is 0 Å². The molecule has 0 aromatic rings. The quantitative estimate of drug-likeness (QED) is 0.735. The van der Waals surface area contributed by atoms with Gasteiger partial charge in [-0.1, -0.05) is 13.8 Å². The Hall–Kier alpha value is -0.0900. The highest BCUT2D eigenvalue weighted by atomic mass is 32.2. The molecule has 1 unspecified atom stereocenters. The van der Waals surface area contributed by atoms with Gasteiger partial charge in [0.1, 0.15) is 9.84 Å². The molecule has 1 rings (SSSR count). The van der Waals surface area contributed by atoms with Gasteiger partial charge in [0.15, 0.2) is 0 Å². The van der Waals surface area contributed by atoms with Crippen molar-refractivity contribution in [2.45, 2.75) is 45.6 Å². The summed E-state index contributed by atoms with van der Waals surface area (Å²) in [7, 11) is -2.85. The van der Waals surface area contributed by atoms with E-state index in [-0.39, 0.29) is 23.0 Å². The summed E-state index contributed by atoms with van der Waals surface area (Å²) >= 11 is 0. The molecular weight excluding hydrogens is 200 g/mol. The number of aliphatic hydroxyl groups is 1. The Kier molecular flexibility index (Phi) is 3.58. The maximum Gasteiger partial charge on any atom is 0.150 e. The van der Waals surface area contributed by atoms with E-state index in [1.54, 1.807) is 6.92 Å². The summed E-state index contributed by atoms with van der Waals surface area (Å²) in [5.41, 5.74) is 0.0932. The molecule has 0 saturated heterocycles. The topological polar surface area (TPSA) is 54.4 Å². The van der Waals surface area contributed by atoms with E-state index in [0.29, 0.717) is 12.8 Å². The highest BCUT2D eigenvalue weighted by molar-refractivity contribution is 7.91. The molecule has 4 heteroatoms. The fourth-order valence-corrected chi connectivity index (χ4v) is 2.41. The lowest BCUT2D eigenvalue weighted by Crippen LogP contribution is -2.20. The molecule has 1 aliphatic rings. The second kappa shape index (κ2) is 4.19. The standard InChI is InChI=1S/C10H20O3S/c1-3-14(12,13)8-4-5-9(11)10(2)6-7-10/h9,11H,3-8H2,1-2H3. The number of hydrogen-bond donors (Lipinski definition) is 1. The van der Waals surface area contributed by atoms with Crippen LogP contribution in [0.3, 0.4) is 0 Å². The van der Waals surface area contributed by atoms with Crippen LogP contribution in [0.5, 0.6) is 0 Å². The number of rotatable bonds is 6. The highest BCUT2D eigenvalue weighted by Crippen LogP contribution is 2.49. The first-order valence-corrected chi connectivity index (χ1v) is 7.10. The van der Waals surface area contributed by atoms with Crippen molar-refractivity contribution in [1.82, 2.24) is 0 Å². The molecule has 14 heavy (non-hydrogen) atoms. The largest absolute Gasteiger partial charge is 0.393 e. The molecule has 0 aromatic heterocycles. The summed E-state index contributed by atoms with van der Waals surface area (Å²) in [6, 6.07) is 0. The Morgan fingerprint density at radius 1 is 1.43 bits per heavy atom. The molecule has 0 spiro atoms. The van der Waals surface area contributed by atoms with Crippen molar-refractivity contribution in [3.8, 4) is 0 Å². The monoisotopic (exact) mass is 220 g/mol. The van der Waals surface area contributed by atoms with Crippen LogP contribution in [0.4, 0.5) is 0 Å². The fraction of sp³-hybridized carbons (Fsp3) is 1.00. The third-order valence-electron chi connectivity index (χ3n) is 3.22. The molecule has 84 valence electrons. The lowest BCUT2D eigenvalue weighted by Gasteiger charge is -2.16. The van der Waals surface area contributed by atoms with Gasteiger partial charge in [0.05, 0.1) is 11.9 Å². The molecule has 3 nitrogen and oxygen atoms in total. The van der Waals surface area contributed by atoms with Crippen LogP contribution in [0, 0.1) is 5.41 Å². The van der Waals surface area contributed by atoms with Crippen molar-refractivity contribution in [2.75, 3.05) is 11.5 Å². The molecule has 1 atom stereocenters. The summed E-state index contributed by atoms with van der Waals surface area (Å²) < 4.78 is 22.3. The average molecular weight is 220 g/mol. The maximum atomic E-state index is 11.2. The van der Waals surface area contributed by atoms with Crippen molar-refractivity contribution < 1.29 is 13.5 Å². The molecule has 0 radical (unpaired) electrons. The van der Waals surface area contributed by atoms with Crippen molar-refractivity contribution in [2.24, 2.45) is 5.41 Å². The molecule has 0 aliphatic heterocycles. The van der Waals surface area contributed by atoms with E-state index < -0.39 is 9.84 Å². The molecule has 0 bridgehead atoms. The fourth-order valence-electron chi connectivity index (χ4n) is 1.52. The highest BCUT2D eigenvalue weighted by Gasteiger charge is 2.43. The zero-order valence-electron chi connectivity index (χ0n) is 8.99. The van der Waals surface area contributed by atoms with Gasteiger partial charge in [0, 0.05) is 5.75 Å². The van der Waals surface area contributed by atoms with Crippen molar-refractivity contribution in [3.05, 3.63) is 0 Å². The van der Waals surface area contributed by atoms with E-state index >= 15 is 0 Å². The first kappa shape index (κ1) is 12.0. The van der Waals surface area contributed by atoms with E-state index in [2.05, 4.69) is 6.92 Å². The Balaban J connectivity index is 2.22. The Morgan fingerprint density at radius 3 is 2.43 bits per heavy atom. The van der Waals surface area contributed by atoms with Crippen molar-refractivity contribution in [3.63, 3.8) is 0 Å². The lowest BCUT2D eigenvalue weighted by atomic mass is 9.98. The van der Waals surface area contributed by atoms with Crippen LogP contribution in [0.1, 0.15) is 39.5 Å². The van der Waals surface area contributed by atoms with Crippen LogP contribution in [-0.4, -0.2) is 31.1 Å². The third-order valence-corrected chi connectivity index (χ3v) is 5.01. The van der Waals surface area contributed by atoms with E-state index in [4.69, 9.17) is 0 Å². The molecule has 1 N–H and O–H groups in total. The molecule has 0 aromatic carbocycles. The van der Waals surface area contributed by atoms with Gasteiger partial charge in [0.2, 0.25) is 0 Å². The van der Waals surface area contributed by atoms with Gasteiger partial charge in [-0.05, 0) is 31.1 Å². The smallest absolute Gasteiger partial charge is 0.150 e. The number of sulfone groups is 1. The van der Waals surface area contributed by atoms with Gasteiger partial charge in [0.25, 0.3) is 0 Å². The van der Waals surface area contributed by atoms with Gasteiger partial charge < -0.3 is 5.11 Å². The van der Waals surface area contributed by atoms with Crippen LogP contribution in [-0.2, 0) is 9.84 Å². The first-order valence-electron chi connectivity index (χ1n) is 5.28. The number of aliphatic hydroxyl groups excluding tert-OH is 1. The zero-order chi connectivity index (χ0) is 10.8. The van der Waals surface area contributed by atoms with Gasteiger partial charge in [-0.3, -0.25) is 0 Å². The summed E-state index contributed by atoms with van der Waals surface area (Å²) in [6.45, 7) is 3.72. The minimum atomic E-state index is -2.85. The first-order chi connectivity index (χ1) is 6.40. The van der Waals surface area contributed by atoms with Crippen LogP contribution >= 0.6 is 0 Å². The summed E-state index contributed by atoms with van der Waals surface area (Å²) in [4.78, 5) is 0. The summed E-state index contributed by atoms with van der Waals surface area (Å²) in [6.07, 6.45) is 3.06. The zero-order valence-corrected chi connectivity index (χ0v) is 9.81. The van der Waals surface area contributed by atoms with E-state index in [1.807, 2.05) is 0 Å². The molecule has 1 saturated carbocycles. The maximum absolute atomic E-state index is 11.2. The molecular formula is C10H20O3S. The third kappa shape index (κ3) is 3.24. The molecule has 1 fully saturated rings. The van der Waals surface area contributed by atoms with Gasteiger partial charge in [-0.2, -0.15) is 0 Å². The molecule has 0 heterocycles. The molecule has 1 aliphatic carbocycles. The summed E-state index contributed by atoms with van der Waals surface area (Å²) in [5.74, 6) is 0.428. The van der Waals surface area contributed by atoms with Crippen molar-refractivity contribution in [1.29, 1.82) is 0 Å². The average Bonchev–Trinajstić information content (AvgIpc) is 2.85.